The second-order valence-electron chi connectivity index (χ2n) is 8.09. The predicted molar refractivity (Wildman–Crippen MR) is 126 cm³/mol. The third kappa shape index (κ3) is 3.81. The topological polar surface area (TPSA) is 126 Å². The number of rotatable bonds is 7. The van der Waals surface area contributed by atoms with Gasteiger partial charge in [0, 0.05) is 29.5 Å². The van der Waals surface area contributed by atoms with Crippen molar-refractivity contribution >= 4 is 45.8 Å². The summed E-state index contributed by atoms with van der Waals surface area (Å²) in [5.41, 5.74) is 8.11. The van der Waals surface area contributed by atoms with Crippen molar-refractivity contribution in [2.45, 2.75) is 25.4 Å². The van der Waals surface area contributed by atoms with Gasteiger partial charge >= 0.3 is 0 Å². The monoisotopic (exact) mass is 475 g/mol. The molecular weight excluding hydrogens is 454 g/mol. The number of nitrogens with zero attached hydrogens (tertiary/aromatic N) is 3. The number of para-hydroxylation sites is 1. The fourth-order valence-corrected chi connectivity index (χ4v) is 5.14. The van der Waals surface area contributed by atoms with Crippen molar-refractivity contribution < 1.29 is 19.2 Å². The number of nitrogens with one attached hydrogen (secondary N) is 1. The van der Waals surface area contributed by atoms with Crippen LogP contribution in [0.4, 0.5) is 10.8 Å². The molecule has 3 N–H and O–H groups in total. The molecule has 0 bridgehead atoms. The van der Waals surface area contributed by atoms with Crippen molar-refractivity contribution in [1.82, 2.24) is 9.88 Å². The molecule has 1 aromatic heterocycles. The van der Waals surface area contributed by atoms with Crippen LogP contribution in [0.25, 0.3) is 0 Å². The lowest BCUT2D eigenvalue weighted by Crippen LogP contribution is -2.48. The van der Waals surface area contributed by atoms with Gasteiger partial charge in [-0.3, -0.25) is 24.1 Å². The van der Waals surface area contributed by atoms with Crippen LogP contribution in [-0.4, -0.2) is 40.1 Å². The molecule has 2 aromatic carbocycles. The fraction of sp³-hybridized carbons (Fsp3) is 0.208. The predicted octanol–water partition coefficient (Wildman–Crippen LogP) is 2.70. The molecule has 0 saturated heterocycles. The van der Waals surface area contributed by atoms with Crippen LogP contribution in [0.3, 0.4) is 0 Å². The van der Waals surface area contributed by atoms with E-state index in [1.54, 1.807) is 39.4 Å². The first-order chi connectivity index (χ1) is 16.4. The van der Waals surface area contributed by atoms with Crippen LogP contribution in [-0.2, 0) is 16.0 Å². The average Bonchev–Trinajstić information content (AvgIpc) is 3.37. The first kappa shape index (κ1) is 21.8. The second kappa shape index (κ2) is 8.71. The third-order valence-electron chi connectivity index (χ3n) is 5.84. The van der Waals surface area contributed by atoms with Crippen LogP contribution in [0.5, 0.6) is 0 Å². The fourth-order valence-electron chi connectivity index (χ4n) is 4.42. The van der Waals surface area contributed by atoms with E-state index in [1.165, 1.54) is 11.3 Å². The van der Waals surface area contributed by atoms with E-state index in [9.17, 15) is 19.2 Å². The van der Waals surface area contributed by atoms with Crippen molar-refractivity contribution in [3.8, 4) is 0 Å². The normalized spacial score (nSPS) is 16.2. The Kier molecular flexibility index (Phi) is 5.58. The molecule has 0 radical (unpaired) electrons. The molecule has 9 nitrogen and oxygen atoms in total. The Morgan fingerprint density at radius 2 is 1.76 bits per heavy atom. The van der Waals surface area contributed by atoms with Gasteiger partial charge in [0.1, 0.15) is 6.17 Å². The van der Waals surface area contributed by atoms with Gasteiger partial charge in [0.2, 0.25) is 11.8 Å². The van der Waals surface area contributed by atoms with Crippen molar-refractivity contribution in [2.24, 2.45) is 5.73 Å². The van der Waals surface area contributed by atoms with Gasteiger partial charge in [-0.1, -0.05) is 30.3 Å². The summed E-state index contributed by atoms with van der Waals surface area (Å²) < 4.78 is 0. The molecule has 1 atom stereocenters. The number of carbonyl (C=O) groups is 4. The molecule has 172 valence electrons. The lowest BCUT2D eigenvalue weighted by Gasteiger charge is -2.41. The minimum Gasteiger partial charge on any atom is -0.369 e. The van der Waals surface area contributed by atoms with Gasteiger partial charge in [0.25, 0.3) is 11.8 Å². The number of fused-ring (bicyclic) bond motifs is 5. The van der Waals surface area contributed by atoms with E-state index in [4.69, 9.17) is 5.73 Å². The summed E-state index contributed by atoms with van der Waals surface area (Å²) in [5.74, 6) is -1.04. The van der Waals surface area contributed by atoms with Crippen molar-refractivity contribution in [2.75, 3.05) is 16.8 Å². The Bertz CT molecular complexity index is 1320. The summed E-state index contributed by atoms with van der Waals surface area (Å²) in [4.78, 5) is 57.5. The highest BCUT2D eigenvalue weighted by atomic mass is 32.1. The van der Waals surface area contributed by atoms with Crippen LogP contribution < -0.4 is 16.0 Å². The maximum Gasteiger partial charge on any atom is 0.260 e. The first-order valence-corrected chi connectivity index (χ1v) is 11.7. The van der Waals surface area contributed by atoms with E-state index >= 15 is 0 Å². The number of thiazole rings is 1. The van der Waals surface area contributed by atoms with Gasteiger partial charge in [0.15, 0.2) is 5.13 Å². The first-order valence-electron chi connectivity index (χ1n) is 10.8. The standard InChI is InChI=1S/C24H21N5O4S/c25-19(30)12-14-13-34-24(26-14)27-20(31)10-5-11-28-21-15-6-1-2-7-16(15)23(33)29(21)18-9-4-3-8-17(18)22(28)32/h1-4,6-9,13,21H,5,10-12H2,(H2,25,30)(H,26,27,31)/t21-/m1/s1. The molecular formula is C24H21N5O4S. The van der Waals surface area contributed by atoms with Crippen LogP contribution in [0.1, 0.15) is 51.0 Å². The van der Waals surface area contributed by atoms with Crippen LogP contribution >= 0.6 is 11.3 Å². The number of carbonyl (C=O) groups excluding carboxylic acids is 4. The number of aromatic nitrogens is 1. The summed E-state index contributed by atoms with van der Waals surface area (Å²) in [7, 11) is 0. The minimum atomic E-state index is -0.538. The van der Waals surface area contributed by atoms with Crippen molar-refractivity contribution in [3.05, 3.63) is 76.3 Å². The molecule has 0 fully saturated rings. The third-order valence-corrected chi connectivity index (χ3v) is 6.65. The van der Waals surface area contributed by atoms with Gasteiger partial charge in [-0.05, 0) is 24.6 Å². The van der Waals surface area contributed by atoms with Crippen molar-refractivity contribution in [3.63, 3.8) is 0 Å². The molecule has 3 aromatic rings. The quantitative estimate of drug-likeness (QED) is 0.543. The summed E-state index contributed by atoms with van der Waals surface area (Å²) in [6, 6.07) is 14.4. The molecule has 4 amide bonds. The van der Waals surface area contributed by atoms with Gasteiger partial charge in [-0.2, -0.15) is 0 Å². The summed E-state index contributed by atoms with van der Waals surface area (Å²) >= 11 is 1.22. The maximum absolute atomic E-state index is 13.4. The molecule has 5 rings (SSSR count). The molecule has 34 heavy (non-hydrogen) atoms. The Hall–Kier alpha value is -4.05. The Morgan fingerprint density at radius 1 is 1.03 bits per heavy atom. The summed E-state index contributed by atoms with van der Waals surface area (Å²) in [6.07, 6.45) is 0.0472. The zero-order chi connectivity index (χ0) is 23.8. The highest BCUT2D eigenvalue weighted by Gasteiger charge is 2.47. The molecule has 0 saturated carbocycles. The number of hydrogen-bond donors (Lipinski definition) is 2. The smallest absolute Gasteiger partial charge is 0.260 e. The Morgan fingerprint density at radius 3 is 2.56 bits per heavy atom. The number of hydrogen-bond acceptors (Lipinski definition) is 6. The number of anilines is 2. The van der Waals surface area contributed by atoms with Crippen LogP contribution in [0.2, 0.25) is 0 Å². The van der Waals surface area contributed by atoms with Crippen LogP contribution in [0, 0.1) is 0 Å². The summed E-state index contributed by atoms with van der Waals surface area (Å²) in [5, 5.41) is 4.79. The van der Waals surface area contributed by atoms with Gasteiger partial charge in [-0.25, -0.2) is 4.98 Å². The number of amides is 4. The molecule has 0 aliphatic carbocycles. The molecule has 2 aliphatic heterocycles. The zero-order valence-electron chi connectivity index (χ0n) is 18.1. The Balaban J connectivity index is 1.31. The molecule has 10 heteroatoms. The van der Waals surface area contributed by atoms with Crippen molar-refractivity contribution in [1.29, 1.82) is 0 Å². The van der Waals surface area contributed by atoms with Gasteiger partial charge in [0.05, 0.1) is 23.4 Å². The Labute approximate surface area is 199 Å². The van der Waals surface area contributed by atoms with E-state index in [0.29, 0.717) is 40.6 Å². The van der Waals surface area contributed by atoms with E-state index < -0.39 is 12.1 Å². The van der Waals surface area contributed by atoms with Gasteiger partial charge in [-0.15, -0.1) is 11.3 Å². The summed E-state index contributed by atoms with van der Waals surface area (Å²) in [6.45, 7) is 0.300. The van der Waals surface area contributed by atoms with E-state index in [-0.39, 0.29) is 30.6 Å². The highest BCUT2D eigenvalue weighted by molar-refractivity contribution is 7.13. The lowest BCUT2D eigenvalue weighted by atomic mass is 10.0. The molecule has 0 unspecified atom stereocenters. The number of benzene rings is 2. The van der Waals surface area contributed by atoms with E-state index in [2.05, 4.69) is 10.3 Å². The van der Waals surface area contributed by atoms with Crippen LogP contribution in [0.15, 0.2) is 53.9 Å². The lowest BCUT2D eigenvalue weighted by molar-refractivity contribution is -0.117. The molecule has 2 aliphatic rings. The van der Waals surface area contributed by atoms with E-state index in [0.717, 1.165) is 5.56 Å². The molecule has 0 spiro atoms. The average molecular weight is 476 g/mol. The maximum atomic E-state index is 13.4. The number of nitrogens with two attached hydrogens (primary N) is 1. The minimum absolute atomic E-state index is 0.0169. The zero-order valence-corrected chi connectivity index (χ0v) is 18.9. The SMILES string of the molecule is NC(=O)Cc1csc(NC(=O)CCCN2C(=O)c3ccccc3N3C(=O)c4ccccc4[C@H]23)n1. The largest absolute Gasteiger partial charge is 0.369 e. The molecule has 3 heterocycles. The second-order valence-corrected chi connectivity index (χ2v) is 8.95. The number of primary amides is 1. The van der Waals surface area contributed by atoms with Gasteiger partial charge < -0.3 is 16.0 Å². The van der Waals surface area contributed by atoms with E-state index in [1.807, 2.05) is 24.3 Å². The highest BCUT2D eigenvalue weighted by Crippen LogP contribution is 2.45.